The van der Waals surface area contributed by atoms with Crippen LogP contribution in [0.2, 0.25) is 0 Å². The van der Waals surface area contributed by atoms with Crippen LogP contribution < -0.4 is 10.6 Å². The Bertz CT molecular complexity index is 715. The third-order valence-corrected chi connectivity index (χ3v) is 5.17. The summed E-state index contributed by atoms with van der Waals surface area (Å²) in [6.45, 7) is 4.23. The van der Waals surface area contributed by atoms with E-state index in [0.717, 1.165) is 16.3 Å². The van der Waals surface area contributed by atoms with Crippen LogP contribution in [0.3, 0.4) is 0 Å². The van der Waals surface area contributed by atoms with Gasteiger partial charge in [0, 0.05) is 17.2 Å². The molecule has 0 saturated carbocycles. The van der Waals surface area contributed by atoms with E-state index in [1.54, 1.807) is 11.8 Å². The number of hydrogen-bond donors (Lipinski definition) is 2. The molecule has 5 nitrogen and oxygen atoms in total. The van der Waals surface area contributed by atoms with Crippen molar-refractivity contribution >= 4 is 23.5 Å². The van der Waals surface area contributed by atoms with Crippen molar-refractivity contribution in [3.8, 4) is 0 Å². The van der Waals surface area contributed by atoms with Gasteiger partial charge in [0.25, 0.3) is 0 Å². The topological polar surface area (TPSA) is 59.6 Å². The number of carbonyl (C=O) groups excluding carboxylic acids is 1. The highest BCUT2D eigenvalue weighted by molar-refractivity contribution is 7.98. The van der Waals surface area contributed by atoms with Crippen LogP contribution in [0.25, 0.3) is 0 Å². The average Bonchev–Trinajstić information content (AvgIpc) is 2.68. The van der Waals surface area contributed by atoms with Gasteiger partial charge in [0.15, 0.2) is 0 Å². The van der Waals surface area contributed by atoms with Gasteiger partial charge < -0.3 is 20.1 Å². The molecule has 0 radical (unpaired) electrons. The predicted molar refractivity (Wildman–Crippen MR) is 105 cm³/mol. The van der Waals surface area contributed by atoms with Crippen LogP contribution in [-0.2, 0) is 15.2 Å². The minimum atomic E-state index is -0.234. The highest BCUT2D eigenvalue weighted by atomic mass is 32.2. The molecule has 0 aromatic heterocycles. The van der Waals surface area contributed by atoms with Crippen molar-refractivity contribution in [1.82, 2.24) is 5.32 Å². The summed E-state index contributed by atoms with van der Waals surface area (Å²) in [5.41, 5.74) is 3.32. The fourth-order valence-corrected chi connectivity index (χ4v) is 3.53. The molecular weight excluding hydrogens is 348 g/mol. The Kier molecular flexibility index (Phi) is 6.94. The number of aryl methyl sites for hydroxylation is 1. The lowest BCUT2D eigenvalue weighted by Gasteiger charge is -2.23. The Morgan fingerprint density at radius 3 is 2.73 bits per heavy atom. The fourth-order valence-electron chi connectivity index (χ4n) is 2.57. The van der Waals surface area contributed by atoms with E-state index >= 15 is 0 Å². The lowest BCUT2D eigenvalue weighted by atomic mass is 10.2. The third-order valence-electron chi connectivity index (χ3n) is 4.03. The maximum Gasteiger partial charge on any atom is 0.319 e. The first-order valence-electron chi connectivity index (χ1n) is 8.72. The van der Waals surface area contributed by atoms with Gasteiger partial charge in [-0.3, -0.25) is 0 Å². The first kappa shape index (κ1) is 18.8. The normalized spacial score (nSPS) is 16.9. The van der Waals surface area contributed by atoms with E-state index in [-0.39, 0.29) is 12.1 Å². The monoisotopic (exact) mass is 372 g/mol. The first-order chi connectivity index (χ1) is 12.7. The number of rotatable bonds is 6. The number of carbonyl (C=O) groups is 1. The smallest absolute Gasteiger partial charge is 0.319 e. The highest BCUT2D eigenvalue weighted by Crippen LogP contribution is 2.29. The van der Waals surface area contributed by atoms with E-state index < -0.39 is 0 Å². The SMILES string of the molecule is Cc1ccc(CSc2ccccc2NC(=O)NC[C@H]2COCCO2)cc1. The Hall–Kier alpha value is -2.02. The van der Waals surface area contributed by atoms with E-state index in [2.05, 4.69) is 41.8 Å². The van der Waals surface area contributed by atoms with Crippen LogP contribution in [-0.4, -0.2) is 38.5 Å². The second-order valence-electron chi connectivity index (χ2n) is 6.17. The van der Waals surface area contributed by atoms with Crippen LogP contribution >= 0.6 is 11.8 Å². The molecule has 1 saturated heterocycles. The Labute approximate surface area is 158 Å². The zero-order valence-corrected chi connectivity index (χ0v) is 15.7. The second-order valence-corrected chi connectivity index (χ2v) is 7.19. The third kappa shape index (κ3) is 5.76. The van der Waals surface area contributed by atoms with Gasteiger partial charge in [0.2, 0.25) is 0 Å². The van der Waals surface area contributed by atoms with Gasteiger partial charge in [-0.1, -0.05) is 42.0 Å². The minimum Gasteiger partial charge on any atom is -0.376 e. The first-order valence-corrected chi connectivity index (χ1v) is 9.71. The number of urea groups is 1. The number of anilines is 1. The van der Waals surface area contributed by atoms with E-state index in [4.69, 9.17) is 9.47 Å². The molecule has 0 bridgehead atoms. The van der Waals surface area contributed by atoms with Gasteiger partial charge in [0.05, 0.1) is 31.6 Å². The van der Waals surface area contributed by atoms with Crippen LogP contribution in [0.1, 0.15) is 11.1 Å². The summed E-state index contributed by atoms with van der Waals surface area (Å²) < 4.78 is 10.9. The lowest BCUT2D eigenvalue weighted by Crippen LogP contribution is -2.41. The van der Waals surface area contributed by atoms with Crippen molar-refractivity contribution in [2.45, 2.75) is 23.7 Å². The number of hydrogen-bond acceptors (Lipinski definition) is 4. The average molecular weight is 372 g/mol. The molecule has 2 N–H and O–H groups in total. The minimum absolute atomic E-state index is 0.0827. The van der Waals surface area contributed by atoms with E-state index in [1.807, 2.05) is 24.3 Å². The summed E-state index contributed by atoms with van der Waals surface area (Å²) in [4.78, 5) is 13.2. The Morgan fingerprint density at radius 2 is 1.96 bits per heavy atom. The van der Waals surface area contributed by atoms with Gasteiger partial charge in [-0.25, -0.2) is 4.79 Å². The van der Waals surface area contributed by atoms with Crippen LogP contribution in [0, 0.1) is 6.92 Å². The molecule has 1 fully saturated rings. The molecule has 138 valence electrons. The molecular formula is C20H24N2O3S. The molecule has 26 heavy (non-hydrogen) atoms. The molecule has 2 aromatic carbocycles. The summed E-state index contributed by atoms with van der Waals surface area (Å²) in [6.07, 6.45) is -0.0827. The molecule has 6 heteroatoms. The molecule has 1 atom stereocenters. The lowest BCUT2D eigenvalue weighted by molar-refractivity contribution is -0.0852. The van der Waals surface area contributed by atoms with Crippen molar-refractivity contribution in [2.75, 3.05) is 31.7 Å². The number of benzene rings is 2. The Morgan fingerprint density at radius 1 is 1.15 bits per heavy atom. The van der Waals surface area contributed by atoms with Gasteiger partial charge in [0.1, 0.15) is 0 Å². The summed E-state index contributed by atoms with van der Waals surface area (Å²) in [5, 5.41) is 5.77. The molecule has 1 aliphatic heterocycles. The molecule has 0 spiro atoms. The standard InChI is InChI=1S/C20H24N2O3S/c1-15-6-8-16(9-7-15)14-26-19-5-3-2-4-18(19)22-20(23)21-12-17-13-24-10-11-25-17/h2-9,17H,10-14H2,1H3,(H2,21,22,23)/t17-/m0/s1. The molecule has 1 heterocycles. The summed E-state index contributed by atoms with van der Waals surface area (Å²) in [5.74, 6) is 0.855. The summed E-state index contributed by atoms with van der Waals surface area (Å²) in [6, 6.07) is 16.1. The Balaban J connectivity index is 1.52. The molecule has 2 amide bonds. The number of amides is 2. The number of para-hydroxylation sites is 1. The highest BCUT2D eigenvalue weighted by Gasteiger charge is 2.15. The largest absolute Gasteiger partial charge is 0.376 e. The number of thioether (sulfide) groups is 1. The number of nitrogens with one attached hydrogen (secondary N) is 2. The van der Waals surface area contributed by atoms with Crippen molar-refractivity contribution in [2.24, 2.45) is 0 Å². The predicted octanol–water partition coefficient (Wildman–Crippen LogP) is 3.82. The molecule has 0 aliphatic carbocycles. The van der Waals surface area contributed by atoms with Crippen molar-refractivity contribution in [1.29, 1.82) is 0 Å². The maximum absolute atomic E-state index is 12.2. The number of ether oxygens (including phenoxy) is 2. The second kappa shape index (κ2) is 9.62. The molecule has 2 aromatic rings. The van der Waals surface area contributed by atoms with Gasteiger partial charge >= 0.3 is 6.03 Å². The zero-order chi connectivity index (χ0) is 18.2. The molecule has 0 unspecified atom stereocenters. The maximum atomic E-state index is 12.2. The van der Waals surface area contributed by atoms with E-state index in [1.165, 1.54) is 11.1 Å². The van der Waals surface area contributed by atoms with Crippen molar-refractivity contribution in [3.05, 3.63) is 59.7 Å². The van der Waals surface area contributed by atoms with Crippen LogP contribution in [0.5, 0.6) is 0 Å². The van der Waals surface area contributed by atoms with E-state index in [9.17, 15) is 4.79 Å². The zero-order valence-electron chi connectivity index (χ0n) is 14.9. The summed E-state index contributed by atoms with van der Waals surface area (Å²) in [7, 11) is 0. The van der Waals surface area contributed by atoms with Gasteiger partial charge in [-0.05, 0) is 24.6 Å². The summed E-state index contributed by atoms with van der Waals surface area (Å²) >= 11 is 1.71. The molecule has 3 rings (SSSR count). The van der Waals surface area contributed by atoms with Crippen molar-refractivity contribution < 1.29 is 14.3 Å². The fraction of sp³-hybridized carbons (Fsp3) is 0.350. The van der Waals surface area contributed by atoms with Crippen LogP contribution in [0.4, 0.5) is 10.5 Å². The molecule has 1 aliphatic rings. The van der Waals surface area contributed by atoms with Gasteiger partial charge in [-0.15, -0.1) is 11.8 Å². The van der Waals surface area contributed by atoms with Gasteiger partial charge in [-0.2, -0.15) is 0 Å². The quantitative estimate of drug-likeness (QED) is 0.757. The van der Waals surface area contributed by atoms with E-state index in [0.29, 0.717) is 26.4 Å². The van der Waals surface area contributed by atoms with Crippen LogP contribution in [0.15, 0.2) is 53.4 Å². The van der Waals surface area contributed by atoms with Crippen molar-refractivity contribution in [3.63, 3.8) is 0 Å².